The third kappa shape index (κ3) is 6.24. The van der Waals surface area contributed by atoms with Gasteiger partial charge in [0.15, 0.2) is 6.61 Å². The second-order valence-corrected chi connectivity index (χ2v) is 7.25. The number of carbonyl (C=O) groups excluding carboxylic acids is 2. The van der Waals surface area contributed by atoms with E-state index >= 15 is 0 Å². The Morgan fingerprint density at radius 1 is 1.07 bits per heavy atom. The van der Waals surface area contributed by atoms with Crippen molar-refractivity contribution in [2.75, 3.05) is 20.3 Å². The van der Waals surface area contributed by atoms with Gasteiger partial charge >= 0.3 is 0 Å². The molecule has 0 aromatic heterocycles. The number of benzene rings is 2. The third-order valence-electron chi connectivity index (χ3n) is 4.93. The van der Waals surface area contributed by atoms with Crippen molar-refractivity contribution in [2.45, 2.75) is 46.7 Å². The Hall–Kier alpha value is -3.02. The number of rotatable bonds is 10. The highest BCUT2D eigenvalue weighted by molar-refractivity contribution is 5.88. The molecule has 0 bridgehead atoms. The topological polar surface area (TPSA) is 67.9 Å². The Bertz CT molecular complexity index is 849. The number of hydrogen-bond donors (Lipinski definition) is 1. The van der Waals surface area contributed by atoms with Crippen molar-refractivity contribution in [1.29, 1.82) is 0 Å². The maximum Gasteiger partial charge on any atom is 0.261 e. The standard InChI is InChI=1S/C24H32N2O4/c1-6-21(24(28)25-7-2)26(15-19-9-11-20(29-5)12-10-19)23(27)16-30-22-13-8-17(3)14-18(22)4/h8-14,21H,6-7,15-16H2,1-5H3,(H,25,28)/t21-/m0/s1. The highest BCUT2D eigenvalue weighted by Crippen LogP contribution is 2.20. The summed E-state index contributed by atoms with van der Waals surface area (Å²) in [5, 5.41) is 2.83. The van der Waals surface area contributed by atoms with E-state index in [0.717, 1.165) is 22.4 Å². The first kappa shape index (κ1) is 23.3. The average molecular weight is 413 g/mol. The minimum Gasteiger partial charge on any atom is -0.497 e. The van der Waals surface area contributed by atoms with Gasteiger partial charge in [0.1, 0.15) is 17.5 Å². The summed E-state index contributed by atoms with van der Waals surface area (Å²) in [5.41, 5.74) is 3.02. The van der Waals surface area contributed by atoms with E-state index in [1.54, 1.807) is 12.0 Å². The Morgan fingerprint density at radius 2 is 1.77 bits per heavy atom. The normalized spacial score (nSPS) is 11.5. The zero-order chi connectivity index (χ0) is 22.1. The van der Waals surface area contributed by atoms with Gasteiger partial charge in [-0.1, -0.05) is 36.8 Å². The summed E-state index contributed by atoms with van der Waals surface area (Å²) in [5.74, 6) is 1.02. The highest BCUT2D eigenvalue weighted by atomic mass is 16.5. The van der Waals surface area contributed by atoms with Crippen LogP contribution in [0.1, 0.15) is 37.0 Å². The Morgan fingerprint density at radius 3 is 2.33 bits per heavy atom. The molecule has 162 valence electrons. The summed E-state index contributed by atoms with van der Waals surface area (Å²) in [6.07, 6.45) is 0.511. The number of hydrogen-bond acceptors (Lipinski definition) is 4. The van der Waals surface area contributed by atoms with Crippen molar-refractivity contribution in [3.05, 3.63) is 59.2 Å². The second-order valence-electron chi connectivity index (χ2n) is 7.25. The van der Waals surface area contributed by atoms with Crippen LogP contribution in [0.5, 0.6) is 11.5 Å². The smallest absolute Gasteiger partial charge is 0.261 e. The van der Waals surface area contributed by atoms with E-state index in [1.165, 1.54) is 0 Å². The van der Waals surface area contributed by atoms with Crippen LogP contribution in [-0.2, 0) is 16.1 Å². The van der Waals surface area contributed by atoms with Crippen molar-refractivity contribution in [1.82, 2.24) is 10.2 Å². The van der Waals surface area contributed by atoms with E-state index < -0.39 is 6.04 Å². The van der Waals surface area contributed by atoms with E-state index in [4.69, 9.17) is 9.47 Å². The molecule has 0 spiro atoms. The largest absolute Gasteiger partial charge is 0.497 e. The summed E-state index contributed by atoms with van der Waals surface area (Å²) in [6.45, 7) is 8.43. The van der Waals surface area contributed by atoms with Crippen LogP contribution in [-0.4, -0.2) is 43.0 Å². The van der Waals surface area contributed by atoms with Crippen LogP contribution in [0.15, 0.2) is 42.5 Å². The SMILES string of the molecule is CCNC(=O)[C@H](CC)N(Cc1ccc(OC)cc1)C(=O)COc1ccc(C)cc1C. The van der Waals surface area contributed by atoms with Crippen molar-refractivity contribution >= 4 is 11.8 Å². The van der Waals surface area contributed by atoms with Crippen LogP contribution in [0.25, 0.3) is 0 Å². The van der Waals surface area contributed by atoms with Crippen molar-refractivity contribution in [3.63, 3.8) is 0 Å². The molecule has 0 radical (unpaired) electrons. The lowest BCUT2D eigenvalue weighted by molar-refractivity contribution is -0.142. The molecule has 0 aliphatic heterocycles. The second kappa shape index (κ2) is 11.2. The van der Waals surface area contributed by atoms with E-state index in [9.17, 15) is 9.59 Å². The number of amides is 2. The first-order valence-electron chi connectivity index (χ1n) is 10.3. The molecule has 2 amide bonds. The van der Waals surface area contributed by atoms with Gasteiger partial charge in [-0.05, 0) is 56.5 Å². The molecule has 0 aliphatic carbocycles. The first-order valence-corrected chi connectivity index (χ1v) is 10.3. The molecule has 2 aromatic rings. The number of aryl methyl sites for hydroxylation is 2. The molecule has 0 saturated carbocycles. The molecule has 6 nitrogen and oxygen atoms in total. The molecule has 1 atom stereocenters. The summed E-state index contributed by atoms with van der Waals surface area (Å²) in [4.78, 5) is 27.3. The predicted molar refractivity (Wildman–Crippen MR) is 118 cm³/mol. The van der Waals surface area contributed by atoms with Gasteiger partial charge in [-0.3, -0.25) is 9.59 Å². The fraction of sp³-hybridized carbons (Fsp3) is 0.417. The van der Waals surface area contributed by atoms with Crippen molar-refractivity contribution in [2.24, 2.45) is 0 Å². The fourth-order valence-corrected chi connectivity index (χ4v) is 3.32. The number of likely N-dealkylation sites (N-methyl/N-ethyl adjacent to an activating group) is 1. The molecule has 0 unspecified atom stereocenters. The molecule has 6 heteroatoms. The van der Waals surface area contributed by atoms with Gasteiger partial charge in [0.05, 0.1) is 7.11 Å². The number of carbonyl (C=O) groups is 2. The Kier molecular flexibility index (Phi) is 8.71. The fourth-order valence-electron chi connectivity index (χ4n) is 3.32. The van der Waals surface area contributed by atoms with Crippen LogP contribution >= 0.6 is 0 Å². The van der Waals surface area contributed by atoms with E-state index in [-0.39, 0.29) is 18.4 Å². The third-order valence-corrected chi connectivity index (χ3v) is 4.93. The van der Waals surface area contributed by atoms with Crippen LogP contribution in [0.2, 0.25) is 0 Å². The van der Waals surface area contributed by atoms with Crippen molar-refractivity contribution < 1.29 is 19.1 Å². The van der Waals surface area contributed by atoms with Crippen LogP contribution < -0.4 is 14.8 Å². The molecule has 0 fully saturated rings. The quantitative estimate of drug-likeness (QED) is 0.647. The van der Waals surface area contributed by atoms with E-state index in [2.05, 4.69) is 5.32 Å². The van der Waals surface area contributed by atoms with Crippen LogP contribution in [0.3, 0.4) is 0 Å². The van der Waals surface area contributed by atoms with Gasteiger partial charge in [0.2, 0.25) is 5.91 Å². The number of nitrogens with one attached hydrogen (secondary N) is 1. The predicted octanol–water partition coefficient (Wildman–Crippen LogP) is 3.63. The van der Waals surface area contributed by atoms with Gasteiger partial charge in [-0.15, -0.1) is 0 Å². The maximum absolute atomic E-state index is 13.1. The van der Waals surface area contributed by atoms with Crippen LogP contribution in [0.4, 0.5) is 0 Å². The van der Waals surface area contributed by atoms with Gasteiger partial charge < -0.3 is 19.7 Å². The van der Waals surface area contributed by atoms with Crippen molar-refractivity contribution in [3.8, 4) is 11.5 Å². The average Bonchev–Trinajstić information content (AvgIpc) is 2.73. The van der Waals surface area contributed by atoms with Gasteiger partial charge in [-0.25, -0.2) is 0 Å². The summed E-state index contributed by atoms with van der Waals surface area (Å²) >= 11 is 0. The van der Waals surface area contributed by atoms with Gasteiger partial charge in [0.25, 0.3) is 5.91 Å². The maximum atomic E-state index is 13.1. The summed E-state index contributed by atoms with van der Waals surface area (Å²) in [7, 11) is 1.61. The van der Waals surface area contributed by atoms with E-state index in [1.807, 2.05) is 70.2 Å². The Balaban J connectivity index is 2.21. The lowest BCUT2D eigenvalue weighted by Crippen LogP contribution is -2.50. The molecular weight excluding hydrogens is 380 g/mol. The molecule has 2 aromatic carbocycles. The summed E-state index contributed by atoms with van der Waals surface area (Å²) < 4.78 is 11.0. The van der Waals surface area contributed by atoms with Gasteiger partial charge in [-0.2, -0.15) is 0 Å². The molecule has 0 saturated heterocycles. The molecule has 30 heavy (non-hydrogen) atoms. The molecule has 2 rings (SSSR count). The Labute approximate surface area is 179 Å². The lowest BCUT2D eigenvalue weighted by Gasteiger charge is -2.30. The zero-order valence-corrected chi connectivity index (χ0v) is 18.5. The molecule has 0 heterocycles. The first-order chi connectivity index (χ1) is 14.4. The monoisotopic (exact) mass is 412 g/mol. The minimum absolute atomic E-state index is 0.129. The molecule has 1 N–H and O–H groups in total. The number of methoxy groups -OCH3 is 1. The summed E-state index contributed by atoms with van der Waals surface area (Å²) in [6, 6.07) is 12.7. The minimum atomic E-state index is -0.567. The van der Waals surface area contributed by atoms with Crippen LogP contribution in [0, 0.1) is 13.8 Å². The zero-order valence-electron chi connectivity index (χ0n) is 18.5. The molecular formula is C24H32N2O4. The number of ether oxygens (including phenoxy) is 2. The highest BCUT2D eigenvalue weighted by Gasteiger charge is 2.28. The lowest BCUT2D eigenvalue weighted by atomic mass is 10.1. The van der Waals surface area contributed by atoms with Gasteiger partial charge in [0, 0.05) is 13.1 Å². The van der Waals surface area contributed by atoms with E-state index in [0.29, 0.717) is 25.3 Å². The molecule has 0 aliphatic rings. The number of nitrogens with zero attached hydrogens (tertiary/aromatic N) is 1.